The molecule has 1 saturated heterocycles. The molecule has 4 heteroatoms. The van der Waals surface area contributed by atoms with Crippen LogP contribution in [0.15, 0.2) is 16.8 Å². The van der Waals surface area contributed by atoms with Crippen molar-refractivity contribution in [2.24, 2.45) is 11.8 Å². The molecule has 0 spiro atoms. The lowest BCUT2D eigenvalue weighted by molar-refractivity contribution is -0.133. The Bertz CT molecular complexity index is 515. The third kappa shape index (κ3) is 2.23. The first-order chi connectivity index (χ1) is 10.3. The van der Waals surface area contributed by atoms with Crippen LogP contribution in [-0.4, -0.2) is 22.9 Å². The fourth-order valence-corrected chi connectivity index (χ4v) is 5.42. The Kier molecular flexibility index (Phi) is 3.54. The Labute approximate surface area is 130 Å². The van der Waals surface area contributed by atoms with Gasteiger partial charge >= 0.3 is 0 Å². The highest BCUT2D eigenvalue weighted by Crippen LogP contribution is 2.49. The number of thiophene rings is 1. The molecule has 21 heavy (non-hydrogen) atoms. The van der Waals surface area contributed by atoms with Gasteiger partial charge in [0.05, 0.1) is 6.04 Å². The maximum Gasteiger partial charge on any atom is 0.241 e. The van der Waals surface area contributed by atoms with Crippen molar-refractivity contribution < 1.29 is 4.79 Å². The molecule has 1 aromatic rings. The van der Waals surface area contributed by atoms with Crippen molar-refractivity contribution in [2.75, 3.05) is 0 Å². The number of fused-ring (bicyclic) bond motifs is 2. The quantitative estimate of drug-likeness (QED) is 0.923. The summed E-state index contributed by atoms with van der Waals surface area (Å²) in [7, 11) is 0. The van der Waals surface area contributed by atoms with E-state index in [4.69, 9.17) is 0 Å². The molecule has 2 saturated carbocycles. The van der Waals surface area contributed by atoms with Crippen molar-refractivity contribution in [1.29, 1.82) is 0 Å². The van der Waals surface area contributed by atoms with E-state index in [1.165, 1.54) is 31.2 Å². The Morgan fingerprint density at radius 3 is 2.90 bits per heavy atom. The number of amides is 1. The second-order valence-electron chi connectivity index (χ2n) is 6.95. The van der Waals surface area contributed by atoms with E-state index in [1.807, 2.05) is 0 Å². The molecule has 3 aliphatic rings. The lowest BCUT2D eigenvalue weighted by atomic mass is 9.93. The molecule has 2 aliphatic carbocycles. The Morgan fingerprint density at radius 2 is 2.29 bits per heavy atom. The van der Waals surface area contributed by atoms with E-state index in [0.717, 1.165) is 24.7 Å². The van der Waals surface area contributed by atoms with E-state index in [9.17, 15) is 4.79 Å². The minimum Gasteiger partial charge on any atom is -0.318 e. The molecule has 1 amide bonds. The van der Waals surface area contributed by atoms with Gasteiger partial charge in [-0.15, -0.1) is 0 Å². The third-order valence-electron chi connectivity index (χ3n) is 5.68. The van der Waals surface area contributed by atoms with E-state index in [1.54, 1.807) is 11.3 Å². The molecule has 5 atom stereocenters. The fourth-order valence-electron chi connectivity index (χ4n) is 4.74. The largest absolute Gasteiger partial charge is 0.318 e. The molecule has 0 radical (unpaired) electrons. The molecule has 5 unspecified atom stereocenters. The molecule has 4 rings (SSSR count). The van der Waals surface area contributed by atoms with Crippen LogP contribution in [0.4, 0.5) is 0 Å². The Morgan fingerprint density at radius 1 is 1.38 bits per heavy atom. The summed E-state index contributed by atoms with van der Waals surface area (Å²) < 4.78 is 0. The number of carbonyl (C=O) groups excluding carboxylic acids is 1. The molecule has 2 bridgehead atoms. The zero-order valence-corrected chi connectivity index (χ0v) is 13.4. The number of nitrogens with one attached hydrogen (secondary N) is 1. The molecule has 0 aromatic carbocycles. The molecule has 2 heterocycles. The minimum atomic E-state index is 0.0269. The second kappa shape index (κ2) is 5.40. The average molecular weight is 304 g/mol. The predicted molar refractivity (Wildman–Crippen MR) is 85.0 cm³/mol. The monoisotopic (exact) mass is 304 g/mol. The highest BCUT2D eigenvalue weighted by molar-refractivity contribution is 7.07. The summed E-state index contributed by atoms with van der Waals surface area (Å²) >= 11 is 1.72. The number of carbonyl (C=O) groups is 1. The summed E-state index contributed by atoms with van der Waals surface area (Å²) in [5.41, 5.74) is 1.27. The van der Waals surface area contributed by atoms with Crippen LogP contribution in [0.1, 0.15) is 57.2 Å². The topological polar surface area (TPSA) is 32.3 Å². The van der Waals surface area contributed by atoms with Gasteiger partial charge in [-0.25, -0.2) is 0 Å². The van der Waals surface area contributed by atoms with E-state index in [-0.39, 0.29) is 12.2 Å². The number of hydrogen-bond acceptors (Lipinski definition) is 3. The van der Waals surface area contributed by atoms with Gasteiger partial charge in [-0.3, -0.25) is 10.1 Å². The van der Waals surface area contributed by atoms with Gasteiger partial charge < -0.3 is 4.90 Å². The van der Waals surface area contributed by atoms with Gasteiger partial charge in [0.15, 0.2) is 0 Å². The van der Waals surface area contributed by atoms with E-state index in [2.05, 4.69) is 34.0 Å². The molecule has 1 aliphatic heterocycles. The summed E-state index contributed by atoms with van der Waals surface area (Å²) in [5.74, 6) is 1.98. The zero-order chi connectivity index (χ0) is 14.4. The van der Waals surface area contributed by atoms with Crippen LogP contribution < -0.4 is 5.32 Å². The smallest absolute Gasteiger partial charge is 0.241 e. The van der Waals surface area contributed by atoms with Gasteiger partial charge in [0.1, 0.15) is 6.17 Å². The zero-order valence-electron chi connectivity index (χ0n) is 12.6. The Hall–Kier alpha value is -0.870. The SMILES string of the molecule is CCCC1NC(c2ccsc2)N(C2CC3CCC2C3)C1=O. The van der Waals surface area contributed by atoms with Crippen LogP contribution in [0.3, 0.4) is 0 Å². The van der Waals surface area contributed by atoms with Gasteiger partial charge in [-0.2, -0.15) is 11.3 Å². The van der Waals surface area contributed by atoms with Gasteiger partial charge in [0.2, 0.25) is 5.91 Å². The number of rotatable bonds is 4. The Balaban J connectivity index is 1.62. The standard InChI is InChI=1S/C17H24N2OS/c1-2-3-14-17(20)19(15-9-11-4-5-12(15)8-11)16(18-14)13-6-7-21-10-13/h6-7,10-12,14-16,18H,2-5,8-9H2,1H3. The van der Waals surface area contributed by atoms with Crippen molar-refractivity contribution >= 4 is 17.2 Å². The third-order valence-corrected chi connectivity index (χ3v) is 6.39. The fraction of sp³-hybridized carbons (Fsp3) is 0.706. The lowest BCUT2D eigenvalue weighted by Crippen LogP contribution is -2.43. The second-order valence-corrected chi connectivity index (χ2v) is 7.73. The van der Waals surface area contributed by atoms with Gasteiger partial charge in [-0.05, 0) is 59.9 Å². The van der Waals surface area contributed by atoms with E-state index in [0.29, 0.717) is 11.9 Å². The number of nitrogens with zero attached hydrogens (tertiary/aromatic N) is 1. The van der Waals surface area contributed by atoms with Crippen molar-refractivity contribution in [3.8, 4) is 0 Å². The summed E-state index contributed by atoms with van der Waals surface area (Å²) in [4.78, 5) is 15.2. The van der Waals surface area contributed by atoms with E-state index < -0.39 is 0 Å². The van der Waals surface area contributed by atoms with Gasteiger partial charge in [0, 0.05) is 6.04 Å². The van der Waals surface area contributed by atoms with Crippen molar-refractivity contribution in [3.63, 3.8) is 0 Å². The van der Waals surface area contributed by atoms with Crippen LogP contribution in [0, 0.1) is 11.8 Å². The first-order valence-electron chi connectivity index (χ1n) is 8.38. The molecular formula is C17H24N2OS. The highest BCUT2D eigenvalue weighted by atomic mass is 32.1. The van der Waals surface area contributed by atoms with Crippen LogP contribution >= 0.6 is 11.3 Å². The van der Waals surface area contributed by atoms with Gasteiger partial charge in [-0.1, -0.05) is 19.8 Å². The molecule has 3 fully saturated rings. The average Bonchev–Trinajstić information content (AvgIpc) is 3.22. The molecule has 3 nitrogen and oxygen atoms in total. The normalized spacial score (nSPS) is 38.6. The van der Waals surface area contributed by atoms with Crippen molar-refractivity contribution in [3.05, 3.63) is 22.4 Å². The highest BCUT2D eigenvalue weighted by Gasteiger charge is 2.50. The molecular weight excluding hydrogens is 280 g/mol. The first kappa shape index (κ1) is 13.8. The van der Waals surface area contributed by atoms with Gasteiger partial charge in [0.25, 0.3) is 0 Å². The first-order valence-corrected chi connectivity index (χ1v) is 9.32. The van der Waals surface area contributed by atoms with Crippen molar-refractivity contribution in [2.45, 2.75) is 63.7 Å². The number of hydrogen-bond donors (Lipinski definition) is 1. The van der Waals surface area contributed by atoms with Crippen molar-refractivity contribution in [1.82, 2.24) is 10.2 Å². The van der Waals surface area contributed by atoms with E-state index >= 15 is 0 Å². The summed E-state index contributed by atoms with van der Waals surface area (Å²) in [6, 6.07) is 2.68. The lowest BCUT2D eigenvalue weighted by Gasteiger charge is -2.35. The summed E-state index contributed by atoms with van der Waals surface area (Å²) in [5, 5.41) is 7.93. The maximum atomic E-state index is 12.9. The predicted octanol–water partition coefficient (Wildman–Crippen LogP) is 3.54. The van der Waals surface area contributed by atoms with Crippen LogP contribution in [-0.2, 0) is 4.79 Å². The summed E-state index contributed by atoms with van der Waals surface area (Å²) in [6.45, 7) is 2.16. The minimum absolute atomic E-state index is 0.0269. The molecule has 114 valence electrons. The van der Waals surface area contributed by atoms with Crippen LogP contribution in [0.2, 0.25) is 0 Å². The van der Waals surface area contributed by atoms with Crippen LogP contribution in [0.25, 0.3) is 0 Å². The summed E-state index contributed by atoms with van der Waals surface area (Å²) in [6.07, 6.45) is 7.43. The van der Waals surface area contributed by atoms with Crippen LogP contribution in [0.5, 0.6) is 0 Å². The molecule has 1 N–H and O–H groups in total. The maximum absolute atomic E-state index is 12.9. The molecule has 1 aromatic heterocycles.